The summed E-state index contributed by atoms with van der Waals surface area (Å²) in [5.41, 5.74) is 6.93. The highest BCUT2D eigenvalue weighted by molar-refractivity contribution is 5.72. The first-order chi connectivity index (χ1) is 4.86. The van der Waals surface area contributed by atoms with Gasteiger partial charge in [-0.1, -0.05) is 0 Å². The predicted molar refractivity (Wildman–Crippen MR) is 40.4 cm³/mol. The summed E-state index contributed by atoms with van der Waals surface area (Å²) in [6.07, 6.45) is 1.68. The van der Waals surface area contributed by atoms with Gasteiger partial charge in [0, 0.05) is 12.3 Å². The van der Waals surface area contributed by atoms with Crippen molar-refractivity contribution in [2.45, 2.75) is 0 Å². The fourth-order valence-electron chi connectivity index (χ4n) is 0.864. The number of hydrogen-bond donors (Lipinski definition) is 2. The molecule has 0 bridgehead atoms. The van der Waals surface area contributed by atoms with E-state index in [4.69, 9.17) is 5.73 Å². The number of aromatic nitrogens is 3. The van der Waals surface area contributed by atoms with Crippen LogP contribution in [0.15, 0.2) is 18.3 Å². The van der Waals surface area contributed by atoms with Crippen molar-refractivity contribution in [3.8, 4) is 0 Å². The molecule has 55 valence electrons. The minimum atomic E-state index is 0. The molecule has 0 aliphatic carbocycles. The summed E-state index contributed by atoms with van der Waals surface area (Å²) in [7, 11) is 0. The maximum absolute atomic E-state index is 5.38. The second kappa shape index (κ2) is 2.55. The zero-order chi connectivity index (χ0) is 6.97. The highest BCUT2D eigenvalue weighted by Crippen LogP contribution is 2.06. The van der Waals surface area contributed by atoms with Crippen molar-refractivity contribution in [3.63, 3.8) is 0 Å². The number of nitrogens with two attached hydrogens (primary N) is 1. The van der Waals surface area contributed by atoms with E-state index in [1.54, 1.807) is 6.20 Å². The van der Waals surface area contributed by atoms with E-state index in [2.05, 4.69) is 15.0 Å². The number of nitrogen functional groups attached to an aromatic ring is 1. The summed E-state index contributed by atoms with van der Waals surface area (Å²) in [4.78, 5) is 10.8. The van der Waals surface area contributed by atoms with Gasteiger partial charge in [-0.25, -0.2) is 4.98 Å². The third-order valence-electron chi connectivity index (χ3n) is 1.28. The number of rotatable bonds is 0. The van der Waals surface area contributed by atoms with Gasteiger partial charge >= 0.3 is 0 Å². The van der Waals surface area contributed by atoms with E-state index in [-0.39, 0.29) is 6.15 Å². The number of nitrogens with one attached hydrogen (secondary N) is 1. The van der Waals surface area contributed by atoms with Gasteiger partial charge in [0.1, 0.15) is 0 Å². The quantitative estimate of drug-likeness (QED) is 0.552. The molecule has 2 aromatic heterocycles. The molecule has 2 rings (SSSR count). The highest BCUT2D eigenvalue weighted by atomic mass is 15.1. The number of imidazole rings is 1. The van der Waals surface area contributed by atoms with E-state index in [9.17, 15) is 0 Å². The van der Waals surface area contributed by atoms with Crippen molar-refractivity contribution in [1.82, 2.24) is 21.1 Å². The van der Waals surface area contributed by atoms with Crippen LogP contribution in [-0.4, -0.2) is 15.0 Å². The first-order valence-electron chi connectivity index (χ1n) is 2.92. The Labute approximate surface area is 63.2 Å². The molecule has 0 aliphatic rings. The predicted octanol–water partition coefficient (Wildman–Crippen LogP) is 0.0595. The monoisotopic (exact) mass is 148 g/mol. The standard InChI is InChI=1S/C6H6N4.N/c7-6-9-4-2-1-3-8-5(4)10-6;/h1-3H,(H3,7,8,9,10);. The lowest BCUT2D eigenvalue weighted by atomic mass is 10.4. The van der Waals surface area contributed by atoms with Gasteiger partial charge in [0.2, 0.25) is 0 Å². The number of anilines is 1. The Bertz CT molecular complexity index is 320. The second-order valence-corrected chi connectivity index (χ2v) is 2.00. The number of aromatic amines is 1. The Hall–Kier alpha value is -1.62. The Morgan fingerprint density at radius 3 is 3.00 bits per heavy atom. The summed E-state index contributed by atoms with van der Waals surface area (Å²) in [6.45, 7) is 0. The number of pyridine rings is 1. The van der Waals surface area contributed by atoms with Crippen LogP contribution < -0.4 is 11.9 Å². The topological polar surface area (TPSA) is 98.1 Å². The second-order valence-electron chi connectivity index (χ2n) is 2.00. The molecule has 0 unspecified atom stereocenters. The molecule has 0 amide bonds. The molecule has 2 aromatic rings. The van der Waals surface area contributed by atoms with Crippen LogP contribution in [0.3, 0.4) is 0 Å². The average Bonchev–Trinajstić information content (AvgIpc) is 2.27. The smallest absolute Gasteiger partial charge is 0.200 e. The third-order valence-corrected chi connectivity index (χ3v) is 1.28. The van der Waals surface area contributed by atoms with Gasteiger partial charge in [-0.05, 0) is 12.1 Å². The molecule has 5 nitrogen and oxygen atoms in total. The first-order valence-corrected chi connectivity index (χ1v) is 2.92. The van der Waals surface area contributed by atoms with E-state index in [0.29, 0.717) is 11.6 Å². The lowest BCUT2D eigenvalue weighted by Gasteiger charge is -1.80. The van der Waals surface area contributed by atoms with Gasteiger partial charge in [0.15, 0.2) is 11.6 Å². The van der Waals surface area contributed by atoms with Gasteiger partial charge in [-0.15, -0.1) is 0 Å². The van der Waals surface area contributed by atoms with E-state index in [0.717, 1.165) is 5.52 Å². The van der Waals surface area contributed by atoms with Gasteiger partial charge in [-0.2, -0.15) is 4.98 Å². The van der Waals surface area contributed by atoms with Crippen molar-refractivity contribution < 1.29 is 0 Å². The Kier molecular flexibility index (Phi) is 1.74. The normalized spacial score (nSPS) is 9.45. The van der Waals surface area contributed by atoms with E-state index in [1.165, 1.54) is 0 Å². The van der Waals surface area contributed by atoms with Crippen LogP contribution in [-0.2, 0) is 0 Å². The van der Waals surface area contributed by atoms with Gasteiger partial charge in [0.05, 0.1) is 5.52 Å². The summed E-state index contributed by atoms with van der Waals surface area (Å²) in [5, 5.41) is 0. The number of H-pyrrole nitrogens is 1. The summed E-state index contributed by atoms with van der Waals surface area (Å²) >= 11 is 0. The summed E-state index contributed by atoms with van der Waals surface area (Å²) in [5.74, 6) is 0.411. The molecule has 11 heavy (non-hydrogen) atoms. The largest absolute Gasteiger partial charge is 0.369 e. The van der Waals surface area contributed by atoms with Gasteiger partial charge < -0.3 is 10.7 Å². The molecule has 0 fully saturated rings. The van der Waals surface area contributed by atoms with Crippen molar-refractivity contribution >= 4 is 17.1 Å². The maximum Gasteiger partial charge on any atom is 0.200 e. The van der Waals surface area contributed by atoms with Crippen LogP contribution in [0.2, 0.25) is 0 Å². The van der Waals surface area contributed by atoms with Gasteiger partial charge in [-0.3, -0.25) is 0 Å². The molecule has 0 atom stereocenters. The molecular weight excluding hydrogens is 142 g/mol. The minimum Gasteiger partial charge on any atom is -0.369 e. The van der Waals surface area contributed by atoms with Crippen LogP contribution in [0.25, 0.3) is 11.2 Å². The third kappa shape index (κ3) is 1.13. The van der Waals surface area contributed by atoms with Gasteiger partial charge in [0.25, 0.3) is 0 Å². The van der Waals surface area contributed by atoms with Crippen LogP contribution in [0, 0.1) is 0 Å². The molecule has 0 aromatic carbocycles. The molecule has 0 spiro atoms. The molecule has 3 radical (unpaired) electrons. The minimum absolute atomic E-state index is 0. The van der Waals surface area contributed by atoms with Crippen molar-refractivity contribution in [1.29, 1.82) is 0 Å². The Balaban J connectivity index is 0.000000605. The van der Waals surface area contributed by atoms with Crippen LogP contribution in [0.1, 0.15) is 0 Å². The van der Waals surface area contributed by atoms with Crippen LogP contribution in [0.4, 0.5) is 5.95 Å². The fraction of sp³-hybridized carbons (Fsp3) is 0. The average molecular weight is 148 g/mol. The zero-order valence-electron chi connectivity index (χ0n) is 5.65. The fourth-order valence-corrected chi connectivity index (χ4v) is 0.864. The SMILES string of the molecule is Nc1nc2ncccc2[nH]1.[N]. The number of nitrogens with zero attached hydrogens (tertiary/aromatic N) is 3. The molecule has 5 heteroatoms. The lowest BCUT2D eigenvalue weighted by molar-refractivity contribution is 1.31. The zero-order valence-corrected chi connectivity index (χ0v) is 5.65. The van der Waals surface area contributed by atoms with Crippen molar-refractivity contribution in [2.75, 3.05) is 5.73 Å². The summed E-state index contributed by atoms with van der Waals surface area (Å²) in [6, 6.07) is 3.71. The van der Waals surface area contributed by atoms with E-state index >= 15 is 0 Å². The van der Waals surface area contributed by atoms with Crippen molar-refractivity contribution in [2.24, 2.45) is 0 Å². The first kappa shape index (κ1) is 7.49. The van der Waals surface area contributed by atoms with E-state index < -0.39 is 0 Å². The number of hydrogen-bond acceptors (Lipinski definition) is 3. The number of fused-ring (bicyclic) bond motifs is 1. The molecule has 3 N–H and O–H groups in total. The highest BCUT2D eigenvalue weighted by Gasteiger charge is 1.96. The molecule has 0 saturated carbocycles. The molecule has 0 aliphatic heterocycles. The van der Waals surface area contributed by atoms with E-state index in [1.807, 2.05) is 12.1 Å². The van der Waals surface area contributed by atoms with Crippen molar-refractivity contribution in [3.05, 3.63) is 18.3 Å². The lowest BCUT2D eigenvalue weighted by Crippen LogP contribution is -1.84. The Morgan fingerprint density at radius 1 is 1.45 bits per heavy atom. The molecule has 2 heterocycles. The molecule has 0 saturated heterocycles. The van der Waals surface area contributed by atoms with Crippen LogP contribution >= 0.6 is 0 Å². The summed E-state index contributed by atoms with van der Waals surface area (Å²) < 4.78 is 0. The molecular formula is C6H6N5. The maximum atomic E-state index is 5.38. The van der Waals surface area contributed by atoms with Crippen LogP contribution in [0.5, 0.6) is 0 Å². The Morgan fingerprint density at radius 2 is 2.27 bits per heavy atom.